The Bertz CT molecular complexity index is 702. The number of nitrogens with one attached hydrogen (secondary N) is 1. The summed E-state index contributed by atoms with van der Waals surface area (Å²) in [4.78, 5) is 16.0. The van der Waals surface area contributed by atoms with Gasteiger partial charge >= 0.3 is 0 Å². The van der Waals surface area contributed by atoms with Gasteiger partial charge < -0.3 is 5.32 Å². The average Bonchev–Trinajstić information content (AvgIpc) is 3.16. The Balaban J connectivity index is 1.63. The van der Waals surface area contributed by atoms with Crippen LogP contribution in [0.5, 0.6) is 0 Å². The molecule has 0 aliphatic heterocycles. The highest BCUT2D eigenvalue weighted by Gasteiger charge is 2.15. The molecule has 1 N–H and O–H groups in total. The van der Waals surface area contributed by atoms with Crippen molar-refractivity contribution in [3.8, 4) is 0 Å². The average molecular weight is 320 g/mol. The molecule has 5 heteroatoms. The predicted molar refractivity (Wildman–Crippen MR) is 92.4 cm³/mol. The van der Waals surface area contributed by atoms with Crippen molar-refractivity contribution in [2.24, 2.45) is 0 Å². The molecule has 1 heterocycles. The number of rotatable bonds is 7. The van der Waals surface area contributed by atoms with Crippen LogP contribution in [0.1, 0.15) is 23.5 Å². The third kappa shape index (κ3) is 4.29. The summed E-state index contributed by atoms with van der Waals surface area (Å²) in [6.07, 6.45) is 3.47. The molecule has 0 fully saturated rings. The Morgan fingerprint density at radius 3 is 2.17 bits per heavy atom. The normalized spacial score (nSPS) is 10.7. The second-order valence-electron chi connectivity index (χ2n) is 5.59. The van der Waals surface area contributed by atoms with E-state index >= 15 is 0 Å². The summed E-state index contributed by atoms with van der Waals surface area (Å²) in [6, 6.07) is 20.5. The third-order valence-electron chi connectivity index (χ3n) is 3.94. The molecule has 24 heavy (non-hydrogen) atoms. The zero-order valence-corrected chi connectivity index (χ0v) is 13.4. The number of hydrogen-bond donors (Lipinski definition) is 1. The molecule has 0 bridgehead atoms. The second-order valence-corrected chi connectivity index (χ2v) is 5.59. The molecule has 0 radical (unpaired) electrons. The van der Waals surface area contributed by atoms with Gasteiger partial charge in [0.15, 0.2) is 0 Å². The molecule has 0 saturated carbocycles. The third-order valence-corrected chi connectivity index (χ3v) is 3.94. The van der Waals surface area contributed by atoms with Crippen molar-refractivity contribution in [2.75, 3.05) is 6.54 Å². The van der Waals surface area contributed by atoms with E-state index in [1.165, 1.54) is 17.5 Å². The Kier molecular flexibility index (Phi) is 5.35. The van der Waals surface area contributed by atoms with Gasteiger partial charge in [-0.3, -0.25) is 9.48 Å². The number of nitrogens with zero attached hydrogens (tertiary/aromatic N) is 3. The quantitative estimate of drug-likeness (QED) is 0.728. The van der Waals surface area contributed by atoms with Crippen molar-refractivity contribution >= 4 is 5.91 Å². The first-order valence-corrected chi connectivity index (χ1v) is 8.02. The lowest BCUT2D eigenvalue weighted by Gasteiger charge is -2.19. The van der Waals surface area contributed by atoms with Crippen molar-refractivity contribution in [3.63, 3.8) is 0 Å². The predicted octanol–water partition coefficient (Wildman–Crippen LogP) is 2.62. The van der Waals surface area contributed by atoms with Crippen LogP contribution in [0.3, 0.4) is 0 Å². The van der Waals surface area contributed by atoms with Gasteiger partial charge in [0.1, 0.15) is 12.7 Å². The highest BCUT2D eigenvalue weighted by Crippen LogP contribution is 2.23. The maximum atomic E-state index is 12.1. The summed E-state index contributed by atoms with van der Waals surface area (Å²) in [5.74, 6) is 0.157. The Hall–Kier alpha value is -2.95. The van der Waals surface area contributed by atoms with E-state index in [4.69, 9.17) is 0 Å². The number of aromatic nitrogens is 3. The van der Waals surface area contributed by atoms with Gasteiger partial charge in [0, 0.05) is 18.9 Å². The maximum Gasteiger partial charge on any atom is 0.221 e. The molecule has 0 saturated heterocycles. The summed E-state index contributed by atoms with van der Waals surface area (Å²) < 4.78 is 1.66. The molecule has 2 aromatic carbocycles. The zero-order valence-electron chi connectivity index (χ0n) is 13.4. The molecule has 0 aliphatic carbocycles. The number of benzene rings is 2. The number of carbonyl (C=O) groups is 1. The van der Waals surface area contributed by atoms with Gasteiger partial charge in [-0.05, 0) is 11.1 Å². The van der Waals surface area contributed by atoms with Crippen LogP contribution in [0.4, 0.5) is 0 Å². The van der Waals surface area contributed by atoms with E-state index in [9.17, 15) is 4.79 Å². The number of aryl methyl sites for hydroxylation is 1. The monoisotopic (exact) mass is 320 g/mol. The van der Waals surface area contributed by atoms with Gasteiger partial charge in [-0.25, -0.2) is 4.98 Å². The lowest BCUT2D eigenvalue weighted by molar-refractivity contribution is -0.121. The fraction of sp³-hybridized carbons (Fsp3) is 0.211. The van der Waals surface area contributed by atoms with E-state index in [0.29, 0.717) is 19.5 Å². The lowest BCUT2D eigenvalue weighted by atomic mass is 9.91. The molecule has 1 aromatic heterocycles. The SMILES string of the molecule is O=C(CCn1cncn1)NCC(c1ccccc1)c1ccccc1. The smallest absolute Gasteiger partial charge is 0.221 e. The van der Waals surface area contributed by atoms with Crippen molar-refractivity contribution in [2.45, 2.75) is 18.9 Å². The van der Waals surface area contributed by atoms with Crippen LogP contribution >= 0.6 is 0 Å². The van der Waals surface area contributed by atoms with Gasteiger partial charge in [-0.1, -0.05) is 60.7 Å². The molecule has 0 unspecified atom stereocenters. The largest absolute Gasteiger partial charge is 0.355 e. The summed E-state index contributed by atoms with van der Waals surface area (Å²) in [6.45, 7) is 1.11. The molecule has 0 spiro atoms. The molecule has 5 nitrogen and oxygen atoms in total. The Morgan fingerprint density at radius 1 is 1.00 bits per heavy atom. The summed E-state index contributed by atoms with van der Waals surface area (Å²) in [5.41, 5.74) is 2.39. The molecule has 122 valence electrons. The van der Waals surface area contributed by atoms with Crippen LogP contribution in [0, 0.1) is 0 Å². The van der Waals surface area contributed by atoms with Crippen LogP contribution in [-0.2, 0) is 11.3 Å². The minimum absolute atomic E-state index is 0.0161. The van der Waals surface area contributed by atoms with Gasteiger partial charge in [0.05, 0.1) is 6.54 Å². The summed E-state index contributed by atoms with van der Waals surface area (Å²) in [7, 11) is 0. The molecule has 3 rings (SSSR count). The second kappa shape index (κ2) is 8.06. The van der Waals surface area contributed by atoms with Crippen molar-refractivity contribution in [1.82, 2.24) is 20.1 Å². The number of carbonyl (C=O) groups excluding carboxylic acids is 1. The zero-order chi connectivity index (χ0) is 16.6. The van der Waals surface area contributed by atoms with E-state index < -0.39 is 0 Å². The molecular formula is C19H20N4O. The van der Waals surface area contributed by atoms with Crippen LogP contribution < -0.4 is 5.32 Å². The van der Waals surface area contributed by atoms with E-state index in [2.05, 4.69) is 39.7 Å². The van der Waals surface area contributed by atoms with Gasteiger partial charge in [0.25, 0.3) is 0 Å². The van der Waals surface area contributed by atoms with E-state index in [1.54, 1.807) is 11.0 Å². The fourth-order valence-electron chi connectivity index (χ4n) is 2.67. The van der Waals surface area contributed by atoms with Crippen LogP contribution in [0.2, 0.25) is 0 Å². The van der Waals surface area contributed by atoms with Crippen LogP contribution in [0.25, 0.3) is 0 Å². The minimum Gasteiger partial charge on any atom is -0.355 e. The van der Waals surface area contributed by atoms with Crippen LogP contribution in [-0.4, -0.2) is 27.2 Å². The van der Waals surface area contributed by atoms with E-state index in [0.717, 1.165) is 0 Å². The number of amides is 1. The molecule has 0 aliphatic rings. The molecule has 0 atom stereocenters. The first kappa shape index (κ1) is 15.9. The standard InChI is InChI=1S/C19H20N4O/c24-19(11-12-23-15-20-14-22-23)21-13-18(16-7-3-1-4-8-16)17-9-5-2-6-10-17/h1-10,14-15,18H,11-13H2,(H,21,24). The molecule has 3 aromatic rings. The first-order chi connectivity index (χ1) is 11.8. The van der Waals surface area contributed by atoms with Crippen molar-refractivity contribution < 1.29 is 4.79 Å². The maximum absolute atomic E-state index is 12.1. The minimum atomic E-state index is 0.0161. The van der Waals surface area contributed by atoms with E-state index in [-0.39, 0.29) is 11.8 Å². The summed E-state index contributed by atoms with van der Waals surface area (Å²) in [5, 5.41) is 7.05. The lowest BCUT2D eigenvalue weighted by Crippen LogP contribution is -2.29. The highest BCUT2D eigenvalue weighted by molar-refractivity contribution is 5.75. The first-order valence-electron chi connectivity index (χ1n) is 8.02. The number of hydrogen-bond acceptors (Lipinski definition) is 3. The Morgan fingerprint density at radius 2 is 1.62 bits per heavy atom. The van der Waals surface area contributed by atoms with Crippen LogP contribution in [0.15, 0.2) is 73.3 Å². The van der Waals surface area contributed by atoms with Crippen molar-refractivity contribution in [1.29, 1.82) is 0 Å². The van der Waals surface area contributed by atoms with Gasteiger partial charge in [-0.2, -0.15) is 5.10 Å². The highest BCUT2D eigenvalue weighted by atomic mass is 16.1. The fourth-order valence-corrected chi connectivity index (χ4v) is 2.67. The van der Waals surface area contributed by atoms with Crippen molar-refractivity contribution in [3.05, 3.63) is 84.4 Å². The summed E-state index contributed by atoms with van der Waals surface area (Å²) >= 11 is 0. The Labute approximate surface area is 141 Å². The molecule has 1 amide bonds. The van der Waals surface area contributed by atoms with Gasteiger partial charge in [0.2, 0.25) is 5.91 Å². The van der Waals surface area contributed by atoms with Gasteiger partial charge in [-0.15, -0.1) is 0 Å². The molecular weight excluding hydrogens is 300 g/mol. The van der Waals surface area contributed by atoms with E-state index in [1.807, 2.05) is 36.4 Å². The topological polar surface area (TPSA) is 59.8 Å².